The summed E-state index contributed by atoms with van der Waals surface area (Å²) in [5, 5.41) is 2.87. The molecule has 2 amide bonds. The van der Waals surface area contributed by atoms with Gasteiger partial charge in [0.1, 0.15) is 6.54 Å². The fourth-order valence-electron chi connectivity index (χ4n) is 4.25. The predicted octanol–water partition coefficient (Wildman–Crippen LogP) is 2.30. The molecule has 12 heteroatoms. The highest BCUT2D eigenvalue weighted by Crippen LogP contribution is 2.37. The zero-order valence-corrected chi connectivity index (χ0v) is 23.2. The molecule has 2 aromatic carbocycles. The van der Waals surface area contributed by atoms with Gasteiger partial charge in [-0.25, -0.2) is 8.42 Å². The summed E-state index contributed by atoms with van der Waals surface area (Å²) in [6, 6.07) is 10.4. The number of anilines is 1. The first-order valence-electron chi connectivity index (χ1n) is 12.6. The molecule has 206 valence electrons. The number of carbonyl (C=O) groups excluding carboxylic acids is 2. The van der Waals surface area contributed by atoms with Crippen LogP contribution in [0.3, 0.4) is 0 Å². The van der Waals surface area contributed by atoms with E-state index in [1.54, 1.807) is 12.1 Å². The number of hydrogen-bond donors (Lipinski definition) is 1. The Morgan fingerprint density at radius 1 is 1.05 bits per heavy atom. The van der Waals surface area contributed by atoms with Crippen molar-refractivity contribution in [3.05, 3.63) is 42.0 Å². The average molecular weight is 564 g/mol. The molecule has 1 N–H and O–H groups in total. The van der Waals surface area contributed by atoms with Crippen LogP contribution in [-0.4, -0.2) is 82.9 Å². The van der Waals surface area contributed by atoms with Crippen LogP contribution in [0.25, 0.3) is 0 Å². The minimum Gasteiger partial charge on any atom is -0.490 e. The van der Waals surface area contributed by atoms with Gasteiger partial charge in [-0.2, -0.15) is 4.31 Å². The maximum Gasteiger partial charge on any atom is 0.243 e. The molecule has 1 fully saturated rings. The normalized spacial score (nSPS) is 16.2. The van der Waals surface area contributed by atoms with E-state index in [2.05, 4.69) is 5.32 Å². The summed E-state index contributed by atoms with van der Waals surface area (Å²) < 4.78 is 44.2. The summed E-state index contributed by atoms with van der Waals surface area (Å²) in [5.74, 6) is 0.953. The minimum absolute atomic E-state index is 0.0967. The highest BCUT2D eigenvalue weighted by atomic mass is 32.2. The molecule has 4 rings (SSSR count). The summed E-state index contributed by atoms with van der Waals surface area (Å²) >= 11 is 1.33. The van der Waals surface area contributed by atoms with Crippen molar-refractivity contribution >= 4 is 39.3 Å². The van der Waals surface area contributed by atoms with E-state index in [9.17, 15) is 18.0 Å². The largest absolute Gasteiger partial charge is 0.490 e. The van der Waals surface area contributed by atoms with Crippen molar-refractivity contribution in [3.63, 3.8) is 0 Å². The molecule has 2 aromatic rings. The molecule has 10 nitrogen and oxygen atoms in total. The third-order valence-corrected chi connectivity index (χ3v) is 9.07. The predicted molar refractivity (Wildman–Crippen MR) is 145 cm³/mol. The Balaban J connectivity index is 1.41. The van der Waals surface area contributed by atoms with Gasteiger partial charge in [0, 0.05) is 24.5 Å². The van der Waals surface area contributed by atoms with Crippen LogP contribution < -0.4 is 19.7 Å². The molecule has 0 bridgehead atoms. The molecule has 0 atom stereocenters. The molecule has 0 saturated carbocycles. The Morgan fingerprint density at radius 2 is 1.79 bits per heavy atom. The maximum atomic E-state index is 13.1. The first-order chi connectivity index (χ1) is 18.3. The van der Waals surface area contributed by atoms with Crippen molar-refractivity contribution in [2.45, 2.75) is 30.1 Å². The number of carbonyl (C=O) groups is 2. The van der Waals surface area contributed by atoms with Crippen LogP contribution in [0.4, 0.5) is 5.69 Å². The van der Waals surface area contributed by atoms with Crippen molar-refractivity contribution in [2.24, 2.45) is 0 Å². The van der Waals surface area contributed by atoms with Gasteiger partial charge in [-0.05, 0) is 56.2 Å². The topological polar surface area (TPSA) is 114 Å². The number of morpholine rings is 1. The molecule has 0 aromatic heterocycles. The van der Waals surface area contributed by atoms with Gasteiger partial charge in [-0.15, -0.1) is 11.8 Å². The maximum absolute atomic E-state index is 13.1. The van der Waals surface area contributed by atoms with E-state index in [4.69, 9.17) is 14.2 Å². The number of nitrogens with one attached hydrogen (secondary N) is 1. The molecule has 0 unspecified atom stereocenters. The van der Waals surface area contributed by atoms with Crippen LogP contribution >= 0.6 is 11.8 Å². The van der Waals surface area contributed by atoms with Crippen LogP contribution in [0.5, 0.6) is 11.5 Å². The van der Waals surface area contributed by atoms with Crippen molar-refractivity contribution in [3.8, 4) is 11.5 Å². The number of thioether (sulfide) groups is 1. The minimum atomic E-state index is -3.74. The first-order valence-corrected chi connectivity index (χ1v) is 15.1. The number of amides is 2. The fraction of sp³-hybridized carbons (Fsp3) is 0.462. The number of fused-ring (bicyclic) bond motifs is 1. The summed E-state index contributed by atoms with van der Waals surface area (Å²) in [6.07, 6.45) is 0.570. The van der Waals surface area contributed by atoms with Crippen molar-refractivity contribution < 1.29 is 32.2 Å². The van der Waals surface area contributed by atoms with Gasteiger partial charge in [0.05, 0.1) is 42.8 Å². The molecule has 0 aliphatic carbocycles. The second-order valence-corrected chi connectivity index (χ2v) is 11.6. The van der Waals surface area contributed by atoms with E-state index in [0.29, 0.717) is 56.6 Å². The Morgan fingerprint density at radius 3 is 2.53 bits per heavy atom. The lowest BCUT2D eigenvalue weighted by atomic mass is 10.1. The molecule has 1 saturated heterocycles. The van der Waals surface area contributed by atoms with Crippen LogP contribution in [0.15, 0.2) is 46.2 Å². The lowest BCUT2D eigenvalue weighted by molar-refractivity contribution is -0.122. The fourth-order valence-corrected chi connectivity index (χ4v) is 6.59. The molecule has 38 heavy (non-hydrogen) atoms. The molecule has 2 aliphatic heterocycles. The molecule has 2 heterocycles. The lowest BCUT2D eigenvalue weighted by Gasteiger charge is -2.30. The molecule has 0 spiro atoms. The van der Waals surface area contributed by atoms with Gasteiger partial charge in [-0.1, -0.05) is 6.07 Å². The zero-order valence-electron chi connectivity index (χ0n) is 21.6. The smallest absolute Gasteiger partial charge is 0.243 e. The van der Waals surface area contributed by atoms with Crippen LogP contribution in [0, 0.1) is 0 Å². The lowest BCUT2D eigenvalue weighted by Crippen LogP contribution is -2.44. The Kier molecular flexibility index (Phi) is 9.53. The van der Waals surface area contributed by atoms with Gasteiger partial charge in [0.25, 0.3) is 0 Å². The van der Waals surface area contributed by atoms with Crippen LogP contribution in [0.2, 0.25) is 0 Å². The molecule has 0 radical (unpaired) electrons. The van der Waals surface area contributed by atoms with E-state index in [1.165, 1.54) is 27.0 Å². The van der Waals surface area contributed by atoms with E-state index in [1.807, 2.05) is 32.0 Å². The number of nitrogens with zero attached hydrogens (tertiary/aromatic N) is 2. The second-order valence-electron chi connectivity index (χ2n) is 8.66. The van der Waals surface area contributed by atoms with Gasteiger partial charge in [0.2, 0.25) is 21.8 Å². The van der Waals surface area contributed by atoms with E-state index >= 15 is 0 Å². The number of sulfonamides is 1. The Labute approximate surface area is 227 Å². The number of ether oxygens (including phenoxy) is 3. The Bertz CT molecular complexity index is 1260. The van der Waals surface area contributed by atoms with Gasteiger partial charge in [-0.3, -0.25) is 9.59 Å². The van der Waals surface area contributed by atoms with E-state index in [-0.39, 0.29) is 42.1 Å². The van der Waals surface area contributed by atoms with E-state index in [0.717, 1.165) is 10.5 Å². The van der Waals surface area contributed by atoms with E-state index < -0.39 is 10.0 Å². The van der Waals surface area contributed by atoms with Gasteiger partial charge >= 0.3 is 0 Å². The monoisotopic (exact) mass is 563 g/mol. The number of hydrogen-bond acceptors (Lipinski definition) is 8. The third kappa shape index (κ3) is 6.60. The Hall–Kier alpha value is -2.80. The summed E-state index contributed by atoms with van der Waals surface area (Å²) in [6.45, 7) is 6.28. The highest BCUT2D eigenvalue weighted by Gasteiger charge is 2.31. The molecular formula is C26H33N3O7S2. The average Bonchev–Trinajstić information content (AvgIpc) is 2.92. The molecule has 2 aliphatic rings. The van der Waals surface area contributed by atoms with Crippen LogP contribution in [0.1, 0.15) is 19.4 Å². The van der Waals surface area contributed by atoms with Gasteiger partial charge in [0.15, 0.2) is 11.5 Å². The quantitative estimate of drug-likeness (QED) is 0.443. The second kappa shape index (κ2) is 12.8. The summed E-state index contributed by atoms with van der Waals surface area (Å²) in [4.78, 5) is 27.8. The summed E-state index contributed by atoms with van der Waals surface area (Å²) in [5.41, 5.74) is 1.41. The standard InChI is InChI=1S/C26H33N3O7S2/c1-3-35-22-7-5-19(15-23(22)36-4-2)9-10-27-25(30)17-29-21-16-20(6-8-24(21)37-18-26(29)31)38(32,33)28-11-13-34-14-12-28/h5-8,15-16H,3-4,9-14,17-18H2,1-2H3,(H,27,30). The van der Waals surface area contributed by atoms with Gasteiger partial charge < -0.3 is 24.4 Å². The first kappa shape index (κ1) is 28.2. The van der Waals surface area contributed by atoms with Crippen molar-refractivity contribution in [2.75, 3.05) is 63.3 Å². The summed E-state index contributed by atoms with van der Waals surface area (Å²) in [7, 11) is -3.74. The zero-order chi connectivity index (χ0) is 27.1. The van der Waals surface area contributed by atoms with Crippen LogP contribution in [-0.2, 0) is 30.8 Å². The third-order valence-electron chi connectivity index (χ3n) is 6.13. The molecular weight excluding hydrogens is 530 g/mol. The SMILES string of the molecule is CCOc1ccc(CCNC(=O)CN2C(=O)CSc3ccc(S(=O)(=O)N4CCOCC4)cc32)cc1OCC. The van der Waals surface area contributed by atoms with Crippen molar-refractivity contribution in [1.82, 2.24) is 9.62 Å². The number of benzene rings is 2. The number of rotatable bonds is 11. The highest BCUT2D eigenvalue weighted by molar-refractivity contribution is 8.00. The van der Waals surface area contributed by atoms with Crippen molar-refractivity contribution in [1.29, 1.82) is 0 Å².